The number of fused-ring (bicyclic) bond motifs is 1. The summed E-state index contributed by atoms with van der Waals surface area (Å²) in [4.78, 5) is 0. The van der Waals surface area contributed by atoms with E-state index in [9.17, 15) is 9.65 Å². The normalized spacial score (nSPS) is 11.9. The van der Waals surface area contributed by atoms with Crippen LogP contribution in [0.1, 0.15) is 31.0 Å². The van der Waals surface area contributed by atoms with Gasteiger partial charge in [-0.1, -0.05) is 36.4 Å². The van der Waals surface area contributed by atoms with Crippen LogP contribution in [0.5, 0.6) is 0 Å². The topological polar surface area (TPSA) is 28.7 Å². The Kier molecular flexibility index (Phi) is 3.99. The molecule has 3 aromatic rings. The fourth-order valence-corrected chi connectivity index (χ4v) is 2.78. The first-order valence-electron chi connectivity index (χ1n) is 7.58. The maximum atomic E-state index is 14.0. The molecule has 1 heterocycles. The maximum absolute atomic E-state index is 14.0. The molecule has 0 aliphatic carbocycles. The smallest absolute Gasteiger partial charge is 0.131 e. The monoisotopic (exact) mass is 304 g/mol. The van der Waals surface area contributed by atoms with Crippen LogP contribution in [0, 0.1) is 17.1 Å². The molecule has 0 atom stereocenters. The summed E-state index contributed by atoms with van der Waals surface area (Å²) >= 11 is 0. The summed E-state index contributed by atoms with van der Waals surface area (Å²) in [5.74, 6) is -0.382. The Bertz CT molecular complexity index is 926. The van der Waals surface area contributed by atoms with E-state index in [0.29, 0.717) is 17.2 Å². The highest BCUT2D eigenvalue weighted by atomic mass is 19.1. The van der Waals surface area contributed by atoms with E-state index in [0.717, 1.165) is 16.5 Å². The van der Waals surface area contributed by atoms with Crippen LogP contribution in [0.2, 0.25) is 0 Å². The number of halogens is 1. The molecule has 3 rings (SSSR count). The second-order valence-corrected chi connectivity index (χ2v) is 5.75. The molecule has 0 spiro atoms. The van der Waals surface area contributed by atoms with Gasteiger partial charge in [-0.15, -0.1) is 0 Å². The van der Waals surface area contributed by atoms with Gasteiger partial charge in [0.2, 0.25) is 0 Å². The van der Waals surface area contributed by atoms with Crippen LogP contribution in [-0.4, -0.2) is 4.57 Å². The number of allylic oxidation sites excluding steroid dienone is 1. The minimum absolute atomic E-state index is 0.307. The van der Waals surface area contributed by atoms with Crippen molar-refractivity contribution in [1.82, 2.24) is 4.57 Å². The molecular weight excluding hydrogens is 287 g/mol. The van der Waals surface area contributed by atoms with E-state index >= 15 is 0 Å². The summed E-state index contributed by atoms with van der Waals surface area (Å²) in [5.41, 5.74) is 2.69. The van der Waals surface area contributed by atoms with Crippen LogP contribution in [0.4, 0.5) is 4.39 Å². The first-order chi connectivity index (χ1) is 11.1. The molecule has 114 valence electrons. The Morgan fingerprint density at radius 3 is 2.52 bits per heavy atom. The SMILES string of the molecule is CC(C)n1cc(/C=C(/C#N)c2ccccc2F)c2ccccc21. The van der Waals surface area contributed by atoms with E-state index in [1.165, 1.54) is 6.07 Å². The average molecular weight is 304 g/mol. The maximum Gasteiger partial charge on any atom is 0.131 e. The van der Waals surface area contributed by atoms with Crippen LogP contribution in [0.25, 0.3) is 22.6 Å². The fraction of sp³-hybridized carbons (Fsp3) is 0.150. The number of para-hydroxylation sites is 1. The molecule has 0 aliphatic heterocycles. The molecule has 0 saturated heterocycles. The number of nitriles is 1. The van der Waals surface area contributed by atoms with Crippen LogP contribution < -0.4 is 0 Å². The van der Waals surface area contributed by atoms with Gasteiger partial charge in [0.1, 0.15) is 5.82 Å². The summed E-state index contributed by atoms with van der Waals surface area (Å²) in [6, 6.07) is 16.8. The Balaban J connectivity index is 2.21. The van der Waals surface area contributed by atoms with E-state index in [2.05, 4.69) is 30.6 Å². The number of rotatable bonds is 3. The van der Waals surface area contributed by atoms with Gasteiger partial charge in [-0.25, -0.2) is 4.39 Å². The second kappa shape index (κ2) is 6.10. The zero-order valence-electron chi connectivity index (χ0n) is 13.1. The molecule has 0 amide bonds. The van der Waals surface area contributed by atoms with Crippen LogP contribution in [0.3, 0.4) is 0 Å². The lowest BCUT2D eigenvalue weighted by atomic mass is 10.0. The minimum atomic E-state index is -0.382. The molecule has 0 unspecified atom stereocenters. The van der Waals surface area contributed by atoms with Gasteiger partial charge in [0.15, 0.2) is 0 Å². The van der Waals surface area contributed by atoms with Gasteiger partial charge < -0.3 is 4.57 Å². The van der Waals surface area contributed by atoms with Gasteiger partial charge in [-0.2, -0.15) is 5.26 Å². The van der Waals surface area contributed by atoms with Crippen LogP contribution >= 0.6 is 0 Å². The van der Waals surface area contributed by atoms with Gasteiger partial charge in [-0.3, -0.25) is 0 Å². The van der Waals surface area contributed by atoms with Crippen LogP contribution in [-0.2, 0) is 0 Å². The molecule has 0 radical (unpaired) electrons. The Labute approximate surface area is 135 Å². The zero-order valence-corrected chi connectivity index (χ0v) is 13.1. The van der Waals surface area contributed by atoms with Gasteiger partial charge >= 0.3 is 0 Å². The first-order valence-corrected chi connectivity index (χ1v) is 7.58. The van der Waals surface area contributed by atoms with E-state index < -0.39 is 0 Å². The number of nitrogens with zero attached hydrogens (tertiary/aromatic N) is 2. The molecule has 0 saturated carbocycles. The standard InChI is InChI=1S/C20H17FN2/c1-14(2)23-13-16(18-8-4-6-10-20(18)23)11-15(12-22)17-7-3-5-9-19(17)21/h3-11,13-14H,1-2H3/b15-11-. The van der Waals surface area contributed by atoms with Gasteiger partial charge in [-0.05, 0) is 32.1 Å². The quantitative estimate of drug-likeness (QED) is 0.593. The molecule has 0 fully saturated rings. The Hall–Kier alpha value is -2.86. The van der Waals surface area contributed by atoms with Crippen molar-refractivity contribution in [1.29, 1.82) is 5.26 Å². The molecule has 23 heavy (non-hydrogen) atoms. The van der Waals surface area contributed by atoms with E-state index in [1.807, 2.05) is 24.4 Å². The summed E-state index contributed by atoms with van der Waals surface area (Å²) in [7, 11) is 0. The third-order valence-corrected chi connectivity index (χ3v) is 3.91. The molecule has 3 heteroatoms. The van der Waals surface area contributed by atoms with Crippen molar-refractivity contribution in [2.45, 2.75) is 19.9 Å². The molecular formula is C20H17FN2. The summed E-state index contributed by atoms with van der Waals surface area (Å²) < 4.78 is 16.1. The molecule has 0 aliphatic rings. The third kappa shape index (κ3) is 2.76. The predicted molar refractivity (Wildman–Crippen MR) is 92.2 cm³/mol. The van der Waals surface area contributed by atoms with Crippen molar-refractivity contribution in [3.63, 3.8) is 0 Å². The minimum Gasteiger partial charge on any atom is -0.344 e. The van der Waals surface area contributed by atoms with Crippen molar-refractivity contribution >= 4 is 22.6 Å². The highest BCUT2D eigenvalue weighted by molar-refractivity contribution is 5.98. The third-order valence-electron chi connectivity index (χ3n) is 3.91. The van der Waals surface area contributed by atoms with Crippen molar-refractivity contribution in [3.8, 4) is 6.07 Å². The fourth-order valence-electron chi connectivity index (χ4n) is 2.78. The van der Waals surface area contributed by atoms with E-state index in [1.54, 1.807) is 24.3 Å². The van der Waals surface area contributed by atoms with Crippen molar-refractivity contribution in [3.05, 3.63) is 71.7 Å². The zero-order chi connectivity index (χ0) is 16.4. The van der Waals surface area contributed by atoms with Gasteiger partial charge in [0.05, 0.1) is 11.6 Å². The average Bonchev–Trinajstić information content (AvgIpc) is 2.92. The van der Waals surface area contributed by atoms with Gasteiger partial charge in [0.25, 0.3) is 0 Å². The highest BCUT2D eigenvalue weighted by Gasteiger charge is 2.12. The number of benzene rings is 2. The predicted octanol–water partition coefficient (Wildman–Crippen LogP) is 5.43. The second-order valence-electron chi connectivity index (χ2n) is 5.75. The number of hydrogen-bond donors (Lipinski definition) is 0. The molecule has 0 N–H and O–H groups in total. The summed E-state index contributed by atoms with van der Waals surface area (Å²) in [5, 5.41) is 10.5. The lowest BCUT2D eigenvalue weighted by molar-refractivity contribution is 0.622. The molecule has 2 aromatic carbocycles. The first kappa shape index (κ1) is 15.1. The Morgan fingerprint density at radius 2 is 1.83 bits per heavy atom. The van der Waals surface area contributed by atoms with E-state index in [-0.39, 0.29) is 5.82 Å². The summed E-state index contributed by atoms with van der Waals surface area (Å²) in [6.45, 7) is 4.23. The van der Waals surface area contributed by atoms with Crippen LogP contribution in [0.15, 0.2) is 54.7 Å². The summed E-state index contributed by atoms with van der Waals surface area (Å²) in [6.07, 6.45) is 3.78. The largest absolute Gasteiger partial charge is 0.344 e. The van der Waals surface area contributed by atoms with Gasteiger partial charge in [0, 0.05) is 34.3 Å². The van der Waals surface area contributed by atoms with Crippen molar-refractivity contribution in [2.24, 2.45) is 0 Å². The number of aromatic nitrogens is 1. The lowest BCUT2D eigenvalue weighted by Gasteiger charge is -2.08. The number of hydrogen-bond acceptors (Lipinski definition) is 1. The molecule has 2 nitrogen and oxygen atoms in total. The van der Waals surface area contributed by atoms with Crippen molar-refractivity contribution < 1.29 is 4.39 Å². The molecule has 0 bridgehead atoms. The Morgan fingerprint density at radius 1 is 1.13 bits per heavy atom. The van der Waals surface area contributed by atoms with E-state index in [4.69, 9.17) is 0 Å². The lowest BCUT2D eigenvalue weighted by Crippen LogP contribution is -1.97. The highest BCUT2D eigenvalue weighted by Crippen LogP contribution is 2.28. The molecule has 1 aromatic heterocycles. The van der Waals surface area contributed by atoms with Crippen molar-refractivity contribution in [2.75, 3.05) is 0 Å².